The molecule has 82 valence electrons. The molecule has 0 amide bonds. The molecular formula is C9H9ClFNO3. The van der Waals surface area contributed by atoms with Gasteiger partial charge < -0.3 is 14.3 Å². The number of halogens is 2. The first-order valence-electron chi connectivity index (χ1n) is 4.26. The van der Waals surface area contributed by atoms with Gasteiger partial charge in [0.25, 0.3) is 0 Å². The van der Waals surface area contributed by atoms with Crippen LogP contribution in [-0.2, 0) is 11.4 Å². The van der Waals surface area contributed by atoms with Crippen molar-refractivity contribution in [2.75, 3.05) is 13.9 Å². The maximum absolute atomic E-state index is 13.6. The second-order valence-corrected chi connectivity index (χ2v) is 3.32. The van der Waals surface area contributed by atoms with E-state index in [9.17, 15) is 4.39 Å². The Balaban J connectivity index is 2.41. The summed E-state index contributed by atoms with van der Waals surface area (Å²) < 4.78 is 23.9. The number of nitrogens with one attached hydrogen (secondary N) is 1. The number of hydrogen-bond donors (Lipinski definition) is 1. The third-order valence-electron chi connectivity index (χ3n) is 2.04. The average molecular weight is 234 g/mol. The van der Waals surface area contributed by atoms with Crippen LogP contribution in [0.3, 0.4) is 0 Å². The Hall–Kier alpha value is -1.04. The molecule has 4 nitrogen and oxygen atoms in total. The minimum absolute atomic E-state index is 0.00662. The van der Waals surface area contributed by atoms with Crippen molar-refractivity contribution in [3.63, 3.8) is 0 Å². The van der Waals surface area contributed by atoms with E-state index in [-0.39, 0.29) is 18.4 Å². The second kappa shape index (κ2) is 4.22. The van der Waals surface area contributed by atoms with Crippen LogP contribution in [-0.4, -0.2) is 13.9 Å². The first kappa shape index (κ1) is 10.5. The third kappa shape index (κ3) is 1.86. The predicted octanol–water partition coefficient (Wildman–Crippen LogP) is 1.86. The lowest BCUT2D eigenvalue weighted by Gasteiger charge is -2.08. The van der Waals surface area contributed by atoms with Gasteiger partial charge in [-0.1, -0.05) is 11.6 Å². The van der Waals surface area contributed by atoms with E-state index in [0.717, 1.165) is 0 Å². The molecule has 15 heavy (non-hydrogen) atoms. The van der Waals surface area contributed by atoms with E-state index >= 15 is 0 Å². The van der Waals surface area contributed by atoms with Crippen LogP contribution in [0, 0.1) is 5.82 Å². The Labute approximate surface area is 90.8 Å². The highest BCUT2D eigenvalue weighted by molar-refractivity contribution is 6.31. The summed E-state index contributed by atoms with van der Waals surface area (Å²) in [6, 6.07) is 1.40. The maximum Gasteiger partial charge on any atom is 0.231 e. The average Bonchev–Trinajstić information content (AvgIpc) is 2.66. The molecule has 1 N–H and O–H groups in total. The second-order valence-electron chi connectivity index (χ2n) is 2.91. The zero-order valence-electron chi connectivity index (χ0n) is 7.97. The van der Waals surface area contributed by atoms with Crippen molar-refractivity contribution in [1.29, 1.82) is 0 Å². The molecule has 1 aromatic rings. The van der Waals surface area contributed by atoms with Crippen molar-refractivity contribution in [3.8, 4) is 11.5 Å². The first-order valence-corrected chi connectivity index (χ1v) is 4.64. The van der Waals surface area contributed by atoms with Gasteiger partial charge in [0, 0.05) is 6.07 Å². The van der Waals surface area contributed by atoms with E-state index in [1.165, 1.54) is 13.2 Å². The molecule has 1 aliphatic heterocycles. The lowest BCUT2D eigenvalue weighted by molar-refractivity contribution is 0.0849. The highest BCUT2D eigenvalue weighted by Gasteiger charge is 2.23. The van der Waals surface area contributed by atoms with E-state index in [1.807, 2.05) is 0 Å². The zero-order chi connectivity index (χ0) is 10.8. The molecule has 0 radical (unpaired) electrons. The number of fused-ring (bicyclic) bond motifs is 1. The summed E-state index contributed by atoms with van der Waals surface area (Å²) in [6.07, 6.45) is 0. The van der Waals surface area contributed by atoms with Crippen LogP contribution in [0.5, 0.6) is 11.5 Å². The van der Waals surface area contributed by atoms with Crippen LogP contribution in [0.1, 0.15) is 5.56 Å². The fraction of sp³-hybridized carbons (Fsp3) is 0.333. The molecule has 0 saturated carbocycles. The van der Waals surface area contributed by atoms with Crippen molar-refractivity contribution in [3.05, 3.63) is 22.5 Å². The van der Waals surface area contributed by atoms with Crippen molar-refractivity contribution in [1.82, 2.24) is 5.48 Å². The molecular weight excluding hydrogens is 225 g/mol. The first-order chi connectivity index (χ1) is 7.24. The van der Waals surface area contributed by atoms with E-state index < -0.39 is 5.82 Å². The smallest absolute Gasteiger partial charge is 0.231 e. The monoisotopic (exact) mass is 233 g/mol. The van der Waals surface area contributed by atoms with Crippen LogP contribution in [0.2, 0.25) is 5.02 Å². The van der Waals surface area contributed by atoms with Crippen LogP contribution >= 0.6 is 11.6 Å². The Kier molecular flexibility index (Phi) is 2.95. The van der Waals surface area contributed by atoms with Gasteiger partial charge in [-0.3, -0.25) is 0 Å². The van der Waals surface area contributed by atoms with Gasteiger partial charge in [0.05, 0.1) is 24.2 Å². The molecule has 6 heteroatoms. The van der Waals surface area contributed by atoms with Gasteiger partial charge in [-0.25, -0.2) is 4.39 Å². The fourth-order valence-corrected chi connectivity index (χ4v) is 1.57. The molecule has 0 fully saturated rings. The van der Waals surface area contributed by atoms with Crippen LogP contribution in [0.15, 0.2) is 6.07 Å². The Bertz CT molecular complexity index is 386. The Morgan fingerprint density at radius 2 is 2.40 bits per heavy atom. The van der Waals surface area contributed by atoms with Crippen molar-refractivity contribution in [2.24, 2.45) is 0 Å². The van der Waals surface area contributed by atoms with Gasteiger partial charge >= 0.3 is 0 Å². The van der Waals surface area contributed by atoms with E-state index in [1.54, 1.807) is 0 Å². The molecule has 0 aromatic heterocycles. The molecule has 1 aromatic carbocycles. The molecule has 1 heterocycles. The number of ether oxygens (including phenoxy) is 2. The van der Waals surface area contributed by atoms with E-state index in [2.05, 4.69) is 10.3 Å². The van der Waals surface area contributed by atoms with Crippen LogP contribution in [0.4, 0.5) is 4.39 Å². The van der Waals surface area contributed by atoms with Gasteiger partial charge in [-0.05, 0) is 0 Å². The van der Waals surface area contributed by atoms with Gasteiger partial charge in [0.2, 0.25) is 6.79 Å². The predicted molar refractivity (Wildman–Crippen MR) is 51.4 cm³/mol. The summed E-state index contributed by atoms with van der Waals surface area (Å²) in [5, 5.41) is 0.00662. The molecule has 0 bridgehead atoms. The Morgan fingerprint density at radius 1 is 1.60 bits per heavy atom. The SMILES string of the molecule is CONCc1c(F)c(Cl)cc2c1OCO2. The zero-order valence-corrected chi connectivity index (χ0v) is 8.73. The number of hydroxylamine groups is 1. The number of hydrogen-bond acceptors (Lipinski definition) is 4. The van der Waals surface area contributed by atoms with E-state index in [0.29, 0.717) is 17.1 Å². The minimum atomic E-state index is -0.523. The van der Waals surface area contributed by atoms with Crippen molar-refractivity contribution < 1.29 is 18.7 Å². The minimum Gasteiger partial charge on any atom is -0.454 e. The molecule has 0 saturated heterocycles. The quantitative estimate of drug-likeness (QED) is 0.809. The van der Waals surface area contributed by atoms with Crippen molar-refractivity contribution >= 4 is 11.6 Å². The van der Waals surface area contributed by atoms with Gasteiger partial charge in [0.1, 0.15) is 5.82 Å². The summed E-state index contributed by atoms with van der Waals surface area (Å²) >= 11 is 5.70. The largest absolute Gasteiger partial charge is 0.454 e. The van der Waals surface area contributed by atoms with Crippen LogP contribution in [0.25, 0.3) is 0 Å². The third-order valence-corrected chi connectivity index (χ3v) is 2.32. The molecule has 0 spiro atoms. The fourth-order valence-electron chi connectivity index (χ4n) is 1.36. The van der Waals surface area contributed by atoms with E-state index in [4.69, 9.17) is 21.1 Å². The Morgan fingerprint density at radius 3 is 3.13 bits per heavy atom. The van der Waals surface area contributed by atoms with Gasteiger partial charge in [0.15, 0.2) is 11.5 Å². The highest BCUT2D eigenvalue weighted by atomic mass is 35.5. The summed E-state index contributed by atoms with van der Waals surface area (Å²) in [7, 11) is 1.44. The summed E-state index contributed by atoms with van der Waals surface area (Å²) in [4.78, 5) is 4.64. The summed E-state index contributed by atoms with van der Waals surface area (Å²) in [6.45, 7) is 0.240. The standard InChI is InChI=1S/C9H9ClFNO3/c1-13-12-3-5-8(11)6(10)2-7-9(5)15-4-14-7/h2,12H,3-4H2,1H3. The van der Waals surface area contributed by atoms with Crippen LogP contribution < -0.4 is 15.0 Å². The topological polar surface area (TPSA) is 39.7 Å². The summed E-state index contributed by atoms with van der Waals surface area (Å²) in [5.74, 6) is 0.307. The molecule has 1 aliphatic rings. The van der Waals surface area contributed by atoms with Gasteiger partial charge in [-0.2, -0.15) is 5.48 Å². The van der Waals surface area contributed by atoms with Gasteiger partial charge in [-0.15, -0.1) is 0 Å². The lowest BCUT2D eigenvalue weighted by Crippen LogP contribution is -2.13. The normalized spacial score (nSPS) is 13.3. The summed E-state index contributed by atoms with van der Waals surface area (Å²) in [5.41, 5.74) is 2.83. The van der Waals surface area contributed by atoms with Crippen molar-refractivity contribution in [2.45, 2.75) is 6.54 Å². The number of rotatable bonds is 3. The highest BCUT2D eigenvalue weighted by Crippen LogP contribution is 2.40. The molecule has 0 atom stereocenters. The number of benzene rings is 1. The molecule has 2 rings (SSSR count). The molecule has 0 aliphatic carbocycles. The lowest BCUT2D eigenvalue weighted by atomic mass is 10.1. The molecule has 0 unspecified atom stereocenters. The maximum atomic E-state index is 13.6.